The van der Waals surface area contributed by atoms with Crippen molar-refractivity contribution in [1.82, 2.24) is 19.4 Å². The molecule has 0 amide bonds. The first-order valence-electron chi connectivity index (χ1n) is 7.23. The topological polar surface area (TPSA) is 43.1 Å². The Bertz CT molecular complexity index is 946. The van der Waals surface area contributed by atoms with Gasteiger partial charge in [-0.1, -0.05) is 12.1 Å². The van der Waals surface area contributed by atoms with Crippen molar-refractivity contribution in [3.8, 4) is 22.5 Å². The number of benzene rings is 1. The van der Waals surface area contributed by atoms with E-state index in [1.165, 1.54) is 4.90 Å². The molecule has 0 aliphatic heterocycles. The number of thioether (sulfide) groups is 1. The van der Waals surface area contributed by atoms with Crippen molar-refractivity contribution in [3.05, 3.63) is 67.4 Å². The van der Waals surface area contributed by atoms with Crippen molar-refractivity contribution < 1.29 is 0 Å². The summed E-state index contributed by atoms with van der Waals surface area (Å²) >= 11 is 1.73. The van der Waals surface area contributed by atoms with Crippen LogP contribution in [0.4, 0.5) is 0 Å². The van der Waals surface area contributed by atoms with E-state index in [9.17, 15) is 0 Å². The first-order chi connectivity index (χ1) is 11.3. The fourth-order valence-corrected chi connectivity index (χ4v) is 2.94. The van der Waals surface area contributed by atoms with Gasteiger partial charge in [0.05, 0.1) is 23.8 Å². The molecule has 0 unspecified atom stereocenters. The molecule has 0 saturated carbocycles. The zero-order valence-corrected chi connectivity index (χ0v) is 13.4. The summed E-state index contributed by atoms with van der Waals surface area (Å²) in [6.45, 7) is 0. The first-order valence-corrected chi connectivity index (χ1v) is 8.45. The number of hydrogen-bond donors (Lipinski definition) is 0. The van der Waals surface area contributed by atoms with E-state index in [1.807, 2.05) is 30.7 Å². The van der Waals surface area contributed by atoms with Gasteiger partial charge in [0.15, 0.2) is 5.65 Å². The highest BCUT2D eigenvalue weighted by Gasteiger charge is 2.08. The Morgan fingerprint density at radius 1 is 0.913 bits per heavy atom. The van der Waals surface area contributed by atoms with Crippen LogP contribution in [0.1, 0.15) is 0 Å². The number of aromatic nitrogens is 4. The van der Waals surface area contributed by atoms with E-state index in [4.69, 9.17) is 0 Å². The van der Waals surface area contributed by atoms with Crippen LogP contribution in [0.2, 0.25) is 0 Å². The summed E-state index contributed by atoms with van der Waals surface area (Å²) in [5.41, 5.74) is 4.89. The SMILES string of the molecule is CSc1ccc(-c2cn3c(-c4cccnc4)cnc3cn2)cc1. The lowest BCUT2D eigenvalue weighted by molar-refractivity contribution is 1.13. The van der Waals surface area contributed by atoms with Crippen LogP contribution in [0.15, 0.2) is 72.3 Å². The Kier molecular flexibility index (Phi) is 3.55. The predicted octanol–water partition coefficient (Wildman–Crippen LogP) is 4.18. The quantitative estimate of drug-likeness (QED) is 0.532. The van der Waals surface area contributed by atoms with Gasteiger partial charge in [-0.15, -0.1) is 11.8 Å². The molecule has 0 bridgehead atoms. The maximum Gasteiger partial charge on any atom is 0.155 e. The van der Waals surface area contributed by atoms with E-state index in [2.05, 4.69) is 49.9 Å². The lowest BCUT2D eigenvalue weighted by Crippen LogP contribution is -1.93. The van der Waals surface area contributed by atoms with Crippen LogP contribution in [-0.2, 0) is 0 Å². The zero-order chi connectivity index (χ0) is 15.6. The molecule has 0 atom stereocenters. The van der Waals surface area contributed by atoms with Gasteiger partial charge in [-0.05, 0) is 30.5 Å². The standard InChI is InChI=1S/C18H14N4S/c1-23-15-6-4-13(5-7-15)16-12-22-17(10-21-18(22)11-20-16)14-3-2-8-19-9-14/h2-12H,1H3. The van der Waals surface area contributed by atoms with Gasteiger partial charge in [0, 0.05) is 34.6 Å². The van der Waals surface area contributed by atoms with Crippen molar-refractivity contribution >= 4 is 17.4 Å². The highest BCUT2D eigenvalue weighted by Crippen LogP contribution is 2.24. The minimum atomic E-state index is 0.827. The van der Waals surface area contributed by atoms with Crippen LogP contribution < -0.4 is 0 Å². The molecule has 0 radical (unpaired) electrons. The third-order valence-electron chi connectivity index (χ3n) is 3.74. The Morgan fingerprint density at radius 3 is 2.52 bits per heavy atom. The summed E-state index contributed by atoms with van der Waals surface area (Å²) in [7, 11) is 0. The van der Waals surface area contributed by atoms with Crippen LogP contribution in [-0.4, -0.2) is 25.6 Å². The van der Waals surface area contributed by atoms with Crippen LogP contribution in [0.3, 0.4) is 0 Å². The molecule has 1 aromatic carbocycles. The summed E-state index contributed by atoms with van der Waals surface area (Å²) in [6.07, 6.45) is 11.4. The molecule has 0 aliphatic rings. The Hall–Kier alpha value is -2.66. The Morgan fingerprint density at radius 2 is 1.78 bits per heavy atom. The number of nitrogens with zero attached hydrogens (tertiary/aromatic N) is 4. The van der Waals surface area contributed by atoms with Crippen molar-refractivity contribution in [2.24, 2.45) is 0 Å². The van der Waals surface area contributed by atoms with Crippen molar-refractivity contribution in [3.63, 3.8) is 0 Å². The van der Waals surface area contributed by atoms with Gasteiger partial charge in [0.1, 0.15) is 0 Å². The number of rotatable bonds is 3. The summed E-state index contributed by atoms with van der Waals surface area (Å²) in [4.78, 5) is 14.4. The molecule has 0 spiro atoms. The van der Waals surface area contributed by atoms with Crippen molar-refractivity contribution in [2.75, 3.05) is 6.26 Å². The second-order valence-electron chi connectivity index (χ2n) is 5.11. The minimum Gasteiger partial charge on any atom is -0.296 e. The van der Waals surface area contributed by atoms with Crippen LogP contribution >= 0.6 is 11.8 Å². The van der Waals surface area contributed by atoms with Gasteiger partial charge in [0.2, 0.25) is 0 Å². The molecule has 0 saturated heterocycles. The summed E-state index contributed by atoms with van der Waals surface area (Å²) in [5, 5.41) is 0. The Labute approximate surface area is 138 Å². The average Bonchev–Trinajstić information content (AvgIpc) is 3.05. The smallest absolute Gasteiger partial charge is 0.155 e. The molecular formula is C18H14N4S. The molecule has 4 nitrogen and oxygen atoms in total. The lowest BCUT2D eigenvalue weighted by Gasteiger charge is -2.05. The molecule has 3 heterocycles. The molecule has 4 rings (SSSR count). The zero-order valence-electron chi connectivity index (χ0n) is 12.5. The summed E-state index contributed by atoms with van der Waals surface area (Å²) < 4.78 is 2.06. The molecule has 0 N–H and O–H groups in total. The third-order valence-corrected chi connectivity index (χ3v) is 4.48. The number of pyridine rings is 1. The predicted molar refractivity (Wildman–Crippen MR) is 93.4 cm³/mol. The average molecular weight is 318 g/mol. The van der Waals surface area contributed by atoms with Crippen molar-refractivity contribution in [2.45, 2.75) is 4.90 Å². The van der Waals surface area contributed by atoms with Crippen molar-refractivity contribution in [1.29, 1.82) is 0 Å². The van der Waals surface area contributed by atoms with E-state index in [0.717, 1.165) is 28.2 Å². The maximum atomic E-state index is 4.53. The normalized spacial score (nSPS) is 11.0. The molecule has 0 fully saturated rings. The van der Waals surface area contributed by atoms with Gasteiger partial charge in [-0.3, -0.25) is 14.4 Å². The van der Waals surface area contributed by atoms with E-state index < -0.39 is 0 Å². The van der Waals surface area contributed by atoms with E-state index >= 15 is 0 Å². The molecule has 4 aromatic rings. The fourth-order valence-electron chi connectivity index (χ4n) is 2.53. The molecule has 112 valence electrons. The number of fused-ring (bicyclic) bond motifs is 1. The second kappa shape index (κ2) is 5.85. The highest BCUT2D eigenvalue weighted by atomic mass is 32.2. The van der Waals surface area contributed by atoms with E-state index in [0.29, 0.717) is 0 Å². The lowest BCUT2D eigenvalue weighted by atomic mass is 10.1. The van der Waals surface area contributed by atoms with E-state index in [-0.39, 0.29) is 0 Å². The molecule has 5 heteroatoms. The molecule has 23 heavy (non-hydrogen) atoms. The molecular weight excluding hydrogens is 304 g/mol. The third kappa shape index (κ3) is 2.59. The summed E-state index contributed by atoms with van der Waals surface area (Å²) in [5.74, 6) is 0. The van der Waals surface area contributed by atoms with Crippen LogP contribution in [0.25, 0.3) is 28.2 Å². The van der Waals surface area contributed by atoms with Gasteiger partial charge < -0.3 is 0 Å². The second-order valence-corrected chi connectivity index (χ2v) is 5.99. The monoisotopic (exact) mass is 318 g/mol. The van der Waals surface area contributed by atoms with E-state index in [1.54, 1.807) is 24.2 Å². The summed E-state index contributed by atoms with van der Waals surface area (Å²) in [6, 6.07) is 12.4. The Balaban J connectivity index is 1.83. The first kappa shape index (κ1) is 14.0. The maximum absolute atomic E-state index is 4.53. The number of imidazole rings is 1. The highest BCUT2D eigenvalue weighted by molar-refractivity contribution is 7.98. The van der Waals surface area contributed by atoms with Crippen LogP contribution in [0.5, 0.6) is 0 Å². The molecule has 0 aliphatic carbocycles. The minimum absolute atomic E-state index is 0.827. The largest absolute Gasteiger partial charge is 0.296 e. The van der Waals surface area contributed by atoms with Gasteiger partial charge >= 0.3 is 0 Å². The van der Waals surface area contributed by atoms with Gasteiger partial charge in [-0.2, -0.15) is 0 Å². The fraction of sp³-hybridized carbons (Fsp3) is 0.0556. The molecule has 3 aromatic heterocycles. The van der Waals surface area contributed by atoms with Gasteiger partial charge in [-0.25, -0.2) is 4.98 Å². The van der Waals surface area contributed by atoms with Crippen LogP contribution in [0, 0.1) is 0 Å². The number of hydrogen-bond acceptors (Lipinski definition) is 4. The van der Waals surface area contributed by atoms with Gasteiger partial charge in [0.25, 0.3) is 0 Å².